The number of hydrogen-bond donors (Lipinski definition) is 1. The summed E-state index contributed by atoms with van der Waals surface area (Å²) in [7, 11) is -2.83. The monoisotopic (exact) mass is 304 g/mol. The fraction of sp³-hybridized carbons (Fsp3) is 0.188. The molecule has 4 nitrogen and oxygen atoms in total. The van der Waals surface area contributed by atoms with Crippen molar-refractivity contribution in [2.45, 2.75) is 13.8 Å². The molecule has 0 amide bonds. The molecule has 0 bridgehead atoms. The van der Waals surface area contributed by atoms with E-state index in [1.54, 1.807) is 18.2 Å². The lowest BCUT2D eigenvalue weighted by molar-refractivity contribution is 0.103. The lowest BCUT2D eigenvalue weighted by Crippen LogP contribution is -2.18. The summed E-state index contributed by atoms with van der Waals surface area (Å²) >= 11 is 0. The van der Waals surface area contributed by atoms with Crippen molar-refractivity contribution in [3.63, 3.8) is 0 Å². The molecule has 0 heterocycles. The highest BCUT2D eigenvalue weighted by atomic mass is 31.2. The molecule has 0 aliphatic carbocycles. The van der Waals surface area contributed by atoms with E-state index in [9.17, 15) is 14.3 Å². The molecule has 0 spiro atoms. The van der Waals surface area contributed by atoms with Gasteiger partial charge in [-0.25, -0.2) is 0 Å². The van der Waals surface area contributed by atoms with Gasteiger partial charge in [0.25, 0.3) is 0 Å². The molecule has 5 heteroatoms. The van der Waals surface area contributed by atoms with Crippen LogP contribution in [0.3, 0.4) is 0 Å². The molecule has 2 rings (SSSR count). The molecular weight excluding hydrogens is 287 g/mol. The molecule has 1 N–H and O–H groups in total. The van der Waals surface area contributed by atoms with Gasteiger partial charge in [0.15, 0.2) is 5.78 Å². The minimum absolute atomic E-state index is 0.0279. The second-order valence-corrected chi connectivity index (χ2v) is 6.70. The average Bonchev–Trinajstić information content (AvgIpc) is 2.47. The van der Waals surface area contributed by atoms with Crippen molar-refractivity contribution < 1.29 is 18.8 Å². The molecule has 0 saturated heterocycles. The lowest BCUT2D eigenvalue weighted by Gasteiger charge is -2.15. The maximum atomic E-state index is 12.8. The van der Waals surface area contributed by atoms with Gasteiger partial charge < -0.3 is 9.42 Å². The van der Waals surface area contributed by atoms with Crippen molar-refractivity contribution in [3.05, 3.63) is 64.7 Å². The van der Waals surface area contributed by atoms with E-state index >= 15 is 0 Å². The van der Waals surface area contributed by atoms with E-state index in [1.807, 2.05) is 32.0 Å². The van der Waals surface area contributed by atoms with E-state index in [4.69, 9.17) is 0 Å². The van der Waals surface area contributed by atoms with Crippen LogP contribution in [0.2, 0.25) is 0 Å². The molecule has 0 aliphatic heterocycles. The molecule has 0 fully saturated rings. The Bertz CT molecular complexity index is 717. The molecule has 0 aromatic heterocycles. The first-order chi connectivity index (χ1) is 9.88. The highest BCUT2D eigenvalue weighted by molar-refractivity contribution is 7.61. The minimum atomic E-state index is -3.99. The fourth-order valence-electron chi connectivity index (χ4n) is 2.32. The summed E-state index contributed by atoms with van der Waals surface area (Å²) in [6, 6.07) is 11.8. The number of benzene rings is 2. The maximum Gasteiger partial charge on any atom is 0.359 e. The van der Waals surface area contributed by atoms with Crippen LogP contribution in [-0.2, 0) is 9.09 Å². The van der Waals surface area contributed by atoms with Gasteiger partial charge in [0.05, 0.1) is 5.30 Å². The molecule has 2 aromatic carbocycles. The molecule has 0 aliphatic rings. The van der Waals surface area contributed by atoms with E-state index in [1.165, 1.54) is 6.07 Å². The molecule has 1 unspecified atom stereocenters. The van der Waals surface area contributed by atoms with Crippen molar-refractivity contribution in [2.24, 2.45) is 0 Å². The van der Waals surface area contributed by atoms with Crippen molar-refractivity contribution >= 4 is 18.7 Å². The predicted molar refractivity (Wildman–Crippen MR) is 82.3 cm³/mol. The van der Waals surface area contributed by atoms with Crippen LogP contribution in [0, 0.1) is 13.8 Å². The van der Waals surface area contributed by atoms with Crippen molar-refractivity contribution in [1.82, 2.24) is 0 Å². The SMILES string of the molecule is COP(=O)(O)c1ccccc1C(=O)c1c(C)cccc1C. The molecule has 110 valence electrons. The zero-order valence-electron chi connectivity index (χ0n) is 12.2. The largest absolute Gasteiger partial charge is 0.359 e. The molecule has 0 radical (unpaired) electrons. The van der Waals surface area contributed by atoms with E-state index < -0.39 is 7.60 Å². The number of carbonyl (C=O) groups is 1. The van der Waals surface area contributed by atoms with E-state index in [-0.39, 0.29) is 16.7 Å². The zero-order chi connectivity index (χ0) is 15.6. The van der Waals surface area contributed by atoms with Crippen LogP contribution < -0.4 is 5.30 Å². The van der Waals surface area contributed by atoms with E-state index in [0.717, 1.165) is 18.2 Å². The quantitative estimate of drug-likeness (QED) is 0.696. The van der Waals surface area contributed by atoms with Crippen molar-refractivity contribution in [1.29, 1.82) is 0 Å². The first-order valence-electron chi connectivity index (χ1n) is 6.47. The number of rotatable bonds is 4. The van der Waals surface area contributed by atoms with Crippen LogP contribution in [0.25, 0.3) is 0 Å². The third kappa shape index (κ3) is 2.98. The third-order valence-electron chi connectivity index (χ3n) is 3.41. The standard InChI is InChI=1S/C16H17O4P/c1-11-7-6-8-12(2)15(11)16(17)13-9-4-5-10-14(13)21(18,19)20-3/h4-10H,1-3H3,(H,18,19). The molecular formula is C16H17O4P. The Morgan fingerprint density at radius 1 is 1.05 bits per heavy atom. The second kappa shape index (κ2) is 5.94. The topological polar surface area (TPSA) is 63.6 Å². The van der Waals surface area contributed by atoms with Gasteiger partial charge >= 0.3 is 7.60 Å². The maximum absolute atomic E-state index is 12.8. The smallest absolute Gasteiger partial charge is 0.321 e. The molecule has 21 heavy (non-hydrogen) atoms. The first kappa shape index (κ1) is 15.6. The lowest BCUT2D eigenvalue weighted by atomic mass is 9.95. The van der Waals surface area contributed by atoms with Crippen LogP contribution in [0.4, 0.5) is 0 Å². The van der Waals surface area contributed by atoms with Gasteiger partial charge in [0.1, 0.15) is 0 Å². The summed E-state index contributed by atoms with van der Waals surface area (Å²) in [6.45, 7) is 3.69. The molecule has 2 aromatic rings. The summed E-state index contributed by atoms with van der Waals surface area (Å²) in [5.41, 5.74) is 2.42. The van der Waals surface area contributed by atoms with Crippen LogP contribution in [-0.4, -0.2) is 17.8 Å². The highest BCUT2D eigenvalue weighted by Gasteiger charge is 2.28. The Balaban J connectivity index is 2.63. The second-order valence-electron chi connectivity index (χ2n) is 4.82. The van der Waals surface area contributed by atoms with Crippen LogP contribution in [0.5, 0.6) is 0 Å². The number of aryl methyl sites for hydroxylation is 2. The van der Waals surface area contributed by atoms with E-state index in [0.29, 0.717) is 5.56 Å². The van der Waals surface area contributed by atoms with Gasteiger partial charge in [0, 0.05) is 18.2 Å². The Hall–Kier alpha value is -1.74. The minimum Gasteiger partial charge on any atom is -0.321 e. The van der Waals surface area contributed by atoms with Crippen LogP contribution in [0.1, 0.15) is 27.0 Å². The summed E-state index contributed by atoms with van der Waals surface area (Å²) in [5.74, 6) is -0.271. The fourth-order valence-corrected chi connectivity index (χ4v) is 3.27. The van der Waals surface area contributed by atoms with E-state index in [2.05, 4.69) is 4.52 Å². The Morgan fingerprint density at radius 3 is 2.19 bits per heavy atom. The zero-order valence-corrected chi connectivity index (χ0v) is 13.1. The van der Waals surface area contributed by atoms with Gasteiger partial charge in [-0.2, -0.15) is 0 Å². The van der Waals surface area contributed by atoms with Crippen LogP contribution >= 0.6 is 7.60 Å². The summed E-state index contributed by atoms with van der Waals surface area (Å²) < 4.78 is 16.8. The molecule has 1 atom stereocenters. The van der Waals surface area contributed by atoms with Crippen molar-refractivity contribution in [2.75, 3.05) is 7.11 Å². The number of carbonyl (C=O) groups excluding carboxylic acids is 1. The predicted octanol–water partition coefficient (Wildman–Crippen LogP) is 2.99. The highest BCUT2D eigenvalue weighted by Crippen LogP contribution is 2.41. The van der Waals surface area contributed by atoms with Gasteiger partial charge in [-0.3, -0.25) is 9.36 Å². The average molecular weight is 304 g/mol. The Kier molecular flexibility index (Phi) is 4.43. The Morgan fingerprint density at radius 2 is 1.62 bits per heavy atom. The van der Waals surface area contributed by atoms with Gasteiger partial charge in [-0.15, -0.1) is 0 Å². The summed E-state index contributed by atoms with van der Waals surface area (Å²) in [4.78, 5) is 22.7. The first-order valence-corrected chi connectivity index (χ1v) is 8.05. The Labute approximate surface area is 123 Å². The van der Waals surface area contributed by atoms with Gasteiger partial charge in [-0.1, -0.05) is 36.4 Å². The summed E-state index contributed by atoms with van der Waals surface area (Å²) in [5, 5.41) is 0.0279. The third-order valence-corrected chi connectivity index (χ3v) is 4.90. The normalized spacial score (nSPS) is 13.7. The number of ketones is 1. The summed E-state index contributed by atoms with van der Waals surface area (Å²) in [6.07, 6.45) is 0. The number of hydrogen-bond acceptors (Lipinski definition) is 3. The van der Waals surface area contributed by atoms with Gasteiger partial charge in [-0.05, 0) is 31.0 Å². The van der Waals surface area contributed by atoms with Crippen LogP contribution in [0.15, 0.2) is 42.5 Å². The van der Waals surface area contributed by atoms with Crippen molar-refractivity contribution in [3.8, 4) is 0 Å². The van der Waals surface area contributed by atoms with Gasteiger partial charge in [0.2, 0.25) is 0 Å². The molecule has 0 saturated carbocycles.